The first-order valence-electron chi connectivity index (χ1n) is 11.2. The molecule has 0 radical (unpaired) electrons. The van der Waals surface area contributed by atoms with E-state index < -0.39 is 11.9 Å². The third-order valence-corrected chi connectivity index (χ3v) is 7.39. The minimum absolute atomic E-state index is 0.00371. The molecular weight excluding hydrogens is 396 g/mol. The molecule has 1 aliphatic carbocycles. The maximum Gasteiger partial charge on any atom is 0.311 e. The Morgan fingerprint density at radius 3 is 2.71 bits per heavy atom. The molecule has 0 unspecified atom stereocenters. The molecule has 31 heavy (non-hydrogen) atoms. The fourth-order valence-corrected chi connectivity index (χ4v) is 5.13. The average molecular weight is 427 g/mol. The molecule has 3 aliphatic rings. The Hall–Kier alpha value is -2.70. The smallest absolute Gasteiger partial charge is 0.311 e. The first kappa shape index (κ1) is 21.5. The zero-order valence-electron chi connectivity index (χ0n) is 18.3. The van der Waals surface area contributed by atoms with Gasteiger partial charge in [-0.25, -0.2) is 0 Å². The summed E-state index contributed by atoms with van der Waals surface area (Å²) >= 11 is 0. The van der Waals surface area contributed by atoms with Crippen LogP contribution in [0.1, 0.15) is 68.3 Å². The number of amides is 2. The maximum atomic E-state index is 12.6. The van der Waals surface area contributed by atoms with Gasteiger partial charge in [0, 0.05) is 30.3 Å². The highest BCUT2D eigenvalue weighted by molar-refractivity contribution is 6.05. The van der Waals surface area contributed by atoms with Crippen molar-refractivity contribution in [2.45, 2.75) is 58.4 Å². The number of hydrogen-bond acceptors (Lipinski definition) is 5. The summed E-state index contributed by atoms with van der Waals surface area (Å²) in [6.45, 7) is 6.20. The SMILES string of the molecule is C[C@@H]1[C@H](C)CCC[C@H]1N1C[C@H](C(=O)OCC(=O)c2ccc3c(c2)[C@H](C)C(=O)N3)CC1=O. The molecule has 2 amide bonds. The third-order valence-electron chi connectivity index (χ3n) is 7.39. The lowest BCUT2D eigenvalue weighted by molar-refractivity contribution is -0.147. The summed E-state index contributed by atoms with van der Waals surface area (Å²) in [6.07, 6.45) is 3.41. The van der Waals surface area contributed by atoms with Crippen LogP contribution in [0, 0.1) is 17.8 Å². The number of esters is 1. The number of Topliss-reactive ketones (excluding diaryl/α,β-unsaturated/α-hetero) is 1. The second kappa shape index (κ2) is 8.44. The van der Waals surface area contributed by atoms with E-state index in [4.69, 9.17) is 4.74 Å². The topological polar surface area (TPSA) is 92.8 Å². The average Bonchev–Trinajstić information content (AvgIpc) is 3.27. The van der Waals surface area contributed by atoms with Gasteiger partial charge in [0.2, 0.25) is 11.8 Å². The van der Waals surface area contributed by atoms with E-state index in [1.54, 1.807) is 25.1 Å². The Morgan fingerprint density at radius 1 is 1.16 bits per heavy atom. The number of ether oxygens (including phenoxy) is 1. The van der Waals surface area contributed by atoms with Crippen molar-refractivity contribution in [1.82, 2.24) is 4.90 Å². The van der Waals surface area contributed by atoms with Crippen molar-refractivity contribution in [1.29, 1.82) is 0 Å². The van der Waals surface area contributed by atoms with Gasteiger partial charge in [0.15, 0.2) is 12.4 Å². The molecular formula is C24H30N2O5. The van der Waals surface area contributed by atoms with Gasteiger partial charge in [-0.2, -0.15) is 0 Å². The Labute approximate surface area is 182 Å². The van der Waals surface area contributed by atoms with Gasteiger partial charge in [-0.15, -0.1) is 0 Å². The fraction of sp³-hybridized carbons (Fsp3) is 0.583. The summed E-state index contributed by atoms with van der Waals surface area (Å²) in [7, 11) is 0. The van der Waals surface area contributed by atoms with Crippen LogP contribution in [0.5, 0.6) is 0 Å². The summed E-state index contributed by atoms with van der Waals surface area (Å²) in [5.74, 6) is -0.761. The molecule has 4 rings (SSSR count). The van der Waals surface area contributed by atoms with Crippen LogP contribution >= 0.6 is 0 Å². The number of ketones is 1. The summed E-state index contributed by atoms with van der Waals surface area (Å²) < 4.78 is 5.29. The molecule has 2 aliphatic heterocycles. The number of nitrogens with zero attached hydrogens (tertiary/aromatic N) is 1. The summed E-state index contributed by atoms with van der Waals surface area (Å²) in [5.41, 5.74) is 1.89. The number of fused-ring (bicyclic) bond motifs is 1. The number of rotatable bonds is 5. The second-order valence-electron chi connectivity index (χ2n) is 9.33. The fourth-order valence-electron chi connectivity index (χ4n) is 5.13. The number of hydrogen-bond donors (Lipinski definition) is 1. The lowest BCUT2D eigenvalue weighted by atomic mass is 9.77. The van der Waals surface area contributed by atoms with E-state index in [0.717, 1.165) is 18.4 Å². The monoisotopic (exact) mass is 426 g/mol. The number of carbonyl (C=O) groups excluding carboxylic acids is 4. The molecule has 0 aromatic heterocycles. The number of benzene rings is 1. The number of anilines is 1. The molecule has 7 nitrogen and oxygen atoms in total. The van der Waals surface area contributed by atoms with Crippen LogP contribution in [0.2, 0.25) is 0 Å². The molecule has 1 N–H and O–H groups in total. The van der Waals surface area contributed by atoms with E-state index in [0.29, 0.717) is 29.6 Å². The van der Waals surface area contributed by atoms with Gasteiger partial charge in [-0.1, -0.05) is 26.7 Å². The predicted octanol–water partition coefficient (Wildman–Crippen LogP) is 3.14. The van der Waals surface area contributed by atoms with Gasteiger partial charge in [0.25, 0.3) is 0 Å². The molecule has 5 atom stereocenters. The predicted molar refractivity (Wildman–Crippen MR) is 115 cm³/mol. The van der Waals surface area contributed by atoms with Crippen molar-refractivity contribution in [3.05, 3.63) is 29.3 Å². The second-order valence-corrected chi connectivity index (χ2v) is 9.33. The van der Waals surface area contributed by atoms with Crippen LogP contribution in [0.3, 0.4) is 0 Å². The van der Waals surface area contributed by atoms with Crippen molar-refractivity contribution in [2.24, 2.45) is 17.8 Å². The van der Waals surface area contributed by atoms with E-state index >= 15 is 0 Å². The number of likely N-dealkylation sites (tertiary alicyclic amines) is 1. The molecule has 1 aromatic rings. The molecule has 0 spiro atoms. The van der Waals surface area contributed by atoms with Crippen molar-refractivity contribution in [3.63, 3.8) is 0 Å². The zero-order valence-corrected chi connectivity index (χ0v) is 18.3. The van der Waals surface area contributed by atoms with Crippen LogP contribution in [0.15, 0.2) is 18.2 Å². The Bertz CT molecular complexity index is 927. The van der Waals surface area contributed by atoms with Crippen LogP contribution in [0.4, 0.5) is 5.69 Å². The highest BCUT2D eigenvalue weighted by Crippen LogP contribution is 2.36. The Kier molecular flexibility index (Phi) is 5.86. The first-order valence-corrected chi connectivity index (χ1v) is 11.2. The highest BCUT2D eigenvalue weighted by Gasteiger charge is 2.42. The normalized spacial score (nSPS) is 30.2. The molecule has 1 saturated carbocycles. The van der Waals surface area contributed by atoms with Crippen molar-refractivity contribution in [2.75, 3.05) is 18.5 Å². The van der Waals surface area contributed by atoms with Gasteiger partial charge in [0.05, 0.1) is 11.8 Å². The van der Waals surface area contributed by atoms with Gasteiger partial charge in [-0.05, 0) is 48.9 Å². The first-order chi connectivity index (χ1) is 14.8. The van der Waals surface area contributed by atoms with Gasteiger partial charge >= 0.3 is 5.97 Å². The van der Waals surface area contributed by atoms with Gasteiger partial charge in [-0.3, -0.25) is 19.2 Å². The molecule has 2 fully saturated rings. The van der Waals surface area contributed by atoms with Crippen LogP contribution in [-0.4, -0.2) is 47.7 Å². The number of carbonyl (C=O) groups is 4. The van der Waals surface area contributed by atoms with E-state index in [9.17, 15) is 19.2 Å². The highest BCUT2D eigenvalue weighted by atomic mass is 16.5. The molecule has 0 bridgehead atoms. The van der Waals surface area contributed by atoms with Crippen LogP contribution in [-0.2, 0) is 19.1 Å². The van der Waals surface area contributed by atoms with Crippen molar-refractivity contribution >= 4 is 29.3 Å². The van der Waals surface area contributed by atoms with Gasteiger partial charge in [0.1, 0.15) is 0 Å². The minimum atomic E-state index is -0.522. The maximum absolute atomic E-state index is 12.6. The largest absolute Gasteiger partial charge is 0.457 e. The summed E-state index contributed by atoms with van der Waals surface area (Å²) in [4.78, 5) is 51.3. The van der Waals surface area contributed by atoms with Crippen LogP contribution < -0.4 is 5.32 Å². The zero-order chi connectivity index (χ0) is 22.3. The molecule has 1 saturated heterocycles. The molecule has 166 valence electrons. The van der Waals surface area contributed by atoms with E-state index in [1.807, 2.05) is 4.90 Å². The summed E-state index contributed by atoms with van der Waals surface area (Å²) in [5, 5.41) is 2.77. The quantitative estimate of drug-likeness (QED) is 0.577. The van der Waals surface area contributed by atoms with E-state index in [1.165, 1.54) is 6.42 Å². The third kappa shape index (κ3) is 4.10. The molecule has 7 heteroatoms. The lowest BCUT2D eigenvalue weighted by Gasteiger charge is -2.39. The van der Waals surface area contributed by atoms with Crippen LogP contribution in [0.25, 0.3) is 0 Å². The standard InChI is InChI=1S/C24H30N2O5/c1-13-5-4-6-20(14(13)2)26-11-17(10-22(26)28)24(30)31-12-21(27)16-7-8-19-18(9-16)15(3)23(29)25-19/h7-9,13-15,17,20H,4-6,10-12H2,1-3H3,(H,25,29)/t13-,14-,15+,17-,20-/m1/s1. The molecule has 2 heterocycles. The molecule has 1 aromatic carbocycles. The Balaban J connectivity index is 1.34. The van der Waals surface area contributed by atoms with Gasteiger partial charge < -0.3 is 15.0 Å². The Morgan fingerprint density at radius 2 is 1.94 bits per heavy atom. The summed E-state index contributed by atoms with van der Waals surface area (Å²) in [6, 6.07) is 5.19. The van der Waals surface area contributed by atoms with Crippen molar-refractivity contribution < 1.29 is 23.9 Å². The van der Waals surface area contributed by atoms with Crippen molar-refractivity contribution in [3.8, 4) is 0 Å². The van der Waals surface area contributed by atoms with E-state index in [-0.39, 0.29) is 42.6 Å². The van der Waals surface area contributed by atoms with E-state index in [2.05, 4.69) is 19.2 Å². The lowest BCUT2D eigenvalue weighted by Crippen LogP contribution is -2.45. The minimum Gasteiger partial charge on any atom is -0.457 e. The number of nitrogens with one attached hydrogen (secondary N) is 1.